The van der Waals surface area contributed by atoms with Crippen LogP contribution in [0.1, 0.15) is 41.5 Å². The maximum absolute atomic E-state index is 16.6. The number of fused-ring (bicyclic) bond motifs is 1. The molecule has 0 spiro atoms. The number of hydrogen-bond donors (Lipinski definition) is 2. The molecule has 2 aromatic heterocycles. The number of aliphatic carboxylic acids is 1. The van der Waals surface area contributed by atoms with Gasteiger partial charge in [0.1, 0.15) is 18.0 Å². The lowest BCUT2D eigenvalue weighted by molar-refractivity contribution is -0.134. The highest BCUT2D eigenvalue weighted by Crippen LogP contribution is 2.51. The first kappa shape index (κ1) is 19.4. The molecule has 0 fully saturated rings. The van der Waals surface area contributed by atoms with Gasteiger partial charge in [0.05, 0.1) is 0 Å². The lowest BCUT2D eigenvalue weighted by Crippen LogP contribution is -2.60. The Bertz CT molecular complexity index is 789. The molecule has 0 aliphatic rings. The van der Waals surface area contributed by atoms with E-state index in [1.807, 2.05) is 65.3 Å². The van der Waals surface area contributed by atoms with Gasteiger partial charge in [-0.3, -0.25) is 4.79 Å². The number of nitrogens with zero attached hydrogens (tertiary/aromatic N) is 2. The Morgan fingerprint density at radius 1 is 1.24 bits per heavy atom. The van der Waals surface area contributed by atoms with Gasteiger partial charge in [0.25, 0.3) is 0 Å². The number of pyridine rings is 1. The molecule has 2 heterocycles. The lowest BCUT2D eigenvalue weighted by Gasteiger charge is -2.44. The maximum atomic E-state index is 16.6. The quantitative estimate of drug-likeness (QED) is 0.639. The van der Waals surface area contributed by atoms with Gasteiger partial charge < -0.3 is 19.1 Å². The molecule has 0 saturated heterocycles. The van der Waals surface area contributed by atoms with E-state index in [-0.39, 0.29) is 6.54 Å². The maximum Gasteiger partial charge on any atom is 0.322 e. The summed E-state index contributed by atoms with van der Waals surface area (Å²) in [5.41, 5.74) is 0.661. The van der Waals surface area contributed by atoms with Crippen molar-refractivity contribution in [1.82, 2.24) is 9.55 Å². The van der Waals surface area contributed by atoms with Gasteiger partial charge in [-0.1, -0.05) is 41.5 Å². The third kappa shape index (κ3) is 3.29. The zero-order valence-electron chi connectivity index (χ0n) is 16.1. The first-order valence-corrected chi connectivity index (χ1v) is 10.3. The predicted octanol–water partition coefficient (Wildman–Crippen LogP) is 3.79. The highest BCUT2D eigenvalue weighted by atomic mass is 28.4. The summed E-state index contributed by atoms with van der Waals surface area (Å²) in [4.78, 5) is 15.2. The number of aryl methyl sites for hydroxylation is 1. The van der Waals surface area contributed by atoms with Gasteiger partial charge in [0.15, 0.2) is 0 Å². The van der Waals surface area contributed by atoms with E-state index in [2.05, 4.69) is 10.3 Å². The summed E-state index contributed by atoms with van der Waals surface area (Å²) in [5, 5.41) is 12.2. The van der Waals surface area contributed by atoms with E-state index in [4.69, 9.17) is 5.11 Å². The SMILES string of the molecule is Cn1c([Si](F)(C(C)(C)C)C(C)(C)C)cc2ccc(NCC(=O)O)nc21. The minimum absolute atomic E-state index is 0.207. The Kier molecular flexibility index (Phi) is 4.76. The van der Waals surface area contributed by atoms with Crippen molar-refractivity contribution in [3.05, 3.63) is 18.2 Å². The van der Waals surface area contributed by atoms with Gasteiger partial charge in [-0.25, -0.2) is 4.98 Å². The number of carboxylic acid groups (broad SMARTS) is 1. The number of hydrogen-bond acceptors (Lipinski definition) is 3. The largest absolute Gasteiger partial charge is 0.480 e. The third-order valence-corrected chi connectivity index (χ3v) is 10.0. The Hall–Kier alpha value is -1.89. The highest BCUT2D eigenvalue weighted by Gasteiger charge is 2.58. The first-order valence-electron chi connectivity index (χ1n) is 8.40. The van der Waals surface area contributed by atoms with Crippen LogP contribution in [0.4, 0.5) is 9.93 Å². The van der Waals surface area contributed by atoms with E-state index in [0.717, 1.165) is 5.39 Å². The third-order valence-electron chi connectivity index (χ3n) is 4.72. The topological polar surface area (TPSA) is 67.2 Å². The standard InChI is InChI=1S/C18H28FN3O2Si/c1-17(2,3)25(19,18(4,5)6)14-10-12-8-9-13(20-11-15(23)24)21-16(12)22(14)7/h8-10H,11H2,1-7H3,(H,20,21)(H,23,24). The second-order valence-corrected chi connectivity index (χ2v) is 13.4. The Morgan fingerprint density at radius 2 is 1.80 bits per heavy atom. The second kappa shape index (κ2) is 6.12. The van der Waals surface area contributed by atoms with Crippen LogP contribution in [0.25, 0.3) is 11.0 Å². The summed E-state index contributed by atoms with van der Waals surface area (Å²) in [5.74, 6) is -0.481. The number of rotatable bonds is 4. The molecular weight excluding hydrogens is 337 g/mol. The van der Waals surface area contributed by atoms with Crippen LogP contribution in [0.15, 0.2) is 18.2 Å². The van der Waals surface area contributed by atoms with Crippen molar-refractivity contribution in [3.8, 4) is 0 Å². The number of halogens is 1. The van der Waals surface area contributed by atoms with Crippen LogP contribution >= 0.6 is 0 Å². The number of carboxylic acids is 1. The molecule has 2 rings (SSSR count). The molecule has 0 atom stereocenters. The fraction of sp³-hybridized carbons (Fsp3) is 0.556. The molecule has 0 saturated carbocycles. The molecule has 0 amide bonds. The zero-order valence-corrected chi connectivity index (χ0v) is 17.1. The molecule has 0 aliphatic heterocycles. The van der Waals surface area contributed by atoms with E-state index in [9.17, 15) is 4.79 Å². The molecule has 0 aliphatic carbocycles. The fourth-order valence-electron chi connectivity index (χ4n) is 3.69. The first-order chi connectivity index (χ1) is 11.3. The van der Waals surface area contributed by atoms with Crippen molar-refractivity contribution < 1.29 is 14.0 Å². The molecule has 0 aromatic carbocycles. The van der Waals surface area contributed by atoms with E-state index < -0.39 is 24.5 Å². The Labute approximate surface area is 149 Å². The predicted molar refractivity (Wildman–Crippen MR) is 103 cm³/mol. The average Bonchev–Trinajstić information content (AvgIpc) is 2.79. The number of anilines is 1. The van der Waals surface area contributed by atoms with Gasteiger partial charge in [0.2, 0.25) is 0 Å². The Balaban J connectivity index is 2.62. The van der Waals surface area contributed by atoms with Crippen LogP contribution in [0.3, 0.4) is 0 Å². The molecule has 138 valence electrons. The highest BCUT2D eigenvalue weighted by molar-refractivity contribution is 6.90. The minimum Gasteiger partial charge on any atom is -0.480 e. The summed E-state index contributed by atoms with van der Waals surface area (Å²) in [6.45, 7) is 11.6. The molecule has 0 radical (unpaired) electrons. The van der Waals surface area contributed by atoms with E-state index in [1.165, 1.54) is 0 Å². The van der Waals surface area contributed by atoms with Crippen molar-refractivity contribution in [2.75, 3.05) is 11.9 Å². The Morgan fingerprint density at radius 3 is 2.28 bits per heavy atom. The monoisotopic (exact) mass is 365 g/mol. The molecule has 25 heavy (non-hydrogen) atoms. The molecule has 7 heteroatoms. The molecule has 2 N–H and O–H groups in total. The summed E-state index contributed by atoms with van der Waals surface area (Å²) < 4.78 is 18.4. The number of aromatic nitrogens is 2. The van der Waals surface area contributed by atoms with E-state index in [1.54, 1.807) is 6.07 Å². The smallest absolute Gasteiger partial charge is 0.322 e. The number of nitrogens with one attached hydrogen (secondary N) is 1. The van der Waals surface area contributed by atoms with Gasteiger partial charge in [-0.05, 0) is 28.3 Å². The molecule has 0 unspecified atom stereocenters. The van der Waals surface area contributed by atoms with E-state index in [0.29, 0.717) is 16.8 Å². The van der Waals surface area contributed by atoms with Crippen molar-refractivity contribution in [2.45, 2.75) is 51.6 Å². The zero-order chi connectivity index (χ0) is 19.2. The van der Waals surface area contributed by atoms with Gasteiger partial charge >= 0.3 is 14.4 Å². The van der Waals surface area contributed by atoms with Crippen molar-refractivity contribution in [2.24, 2.45) is 7.05 Å². The van der Waals surface area contributed by atoms with E-state index >= 15 is 4.11 Å². The second-order valence-electron chi connectivity index (χ2n) is 8.60. The summed E-state index contributed by atoms with van der Waals surface area (Å²) >= 11 is 0. The molecule has 2 aromatic rings. The number of carbonyl (C=O) groups is 1. The van der Waals surface area contributed by atoms with Crippen LogP contribution < -0.4 is 10.6 Å². The minimum atomic E-state index is -3.40. The van der Waals surface area contributed by atoms with Gasteiger partial charge in [-0.15, -0.1) is 0 Å². The molecular formula is C18H28FN3O2Si. The fourth-order valence-corrected chi connectivity index (χ4v) is 8.40. The van der Waals surface area contributed by atoms with Gasteiger partial charge in [-0.2, -0.15) is 0 Å². The summed E-state index contributed by atoms with van der Waals surface area (Å²) in [6, 6.07) is 5.49. The average molecular weight is 366 g/mol. The molecule has 0 bridgehead atoms. The summed E-state index contributed by atoms with van der Waals surface area (Å²) in [7, 11) is -1.56. The summed E-state index contributed by atoms with van der Waals surface area (Å²) in [6.07, 6.45) is 0. The van der Waals surface area contributed by atoms with Crippen LogP contribution in [-0.4, -0.2) is 35.6 Å². The molecule has 5 nitrogen and oxygen atoms in total. The van der Waals surface area contributed by atoms with Crippen LogP contribution in [-0.2, 0) is 11.8 Å². The van der Waals surface area contributed by atoms with Crippen molar-refractivity contribution in [1.29, 1.82) is 0 Å². The van der Waals surface area contributed by atoms with Crippen LogP contribution in [0, 0.1) is 0 Å². The van der Waals surface area contributed by atoms with Gasteiger partial charge in [0, 0.05) is 17.8 Å². The lowest BCUT2D eigenvalue weighted by atomic mass is 10.2. The van der Waals surface area contributed by atoms with Crippen LogP contribution in [0.5, 0.6) is 0 Å². The van der Waals surface area contributed by atoms with Crippen molar-refractivity contribution in [3.63, 3.8) is 0 Å². The van der Waals surface area contributed by atoms with Crippen LogP contribution in [0.2, 0.25) is 10.1 Å². The normalized spacial score (nSPS) is 13.3. The van der Waals surface area contributed by atoms with Crippen molar-refractivity contribution >= 4 is 36.5 Å².